The van der Waals surface area contributed by atoms with Crippen molar-refractivity contribution in [1.82, 2.24) is 35.4 Å². The SMILES string of the molecule is Cc1nc(N[C@@H]2CCNC2)nc(NCC(c2ccccc2)c2cccc(N[C@@H]3CCNC3)c2)c1N=CCCC1O[C@H](Cn2cncn2)[C@H]2OC(C)(C)O[C@@H]12. The lowest BCUT2D eigenvalue weighted by molar-refractivity contribution is -0.188. The molecule has 0 bridgehead atoms. The van der Waals surface area contributed by atoms with Crippen molar-refractivity contribution in [2.24, 2.45) is 4.99 Å². The van der Waals surface area contributed by atoms with E-state index in [1.807, 2.05) is 27.0 Å². The van der Waals surface area contributed by atoms with Crippen molar-refractivity contribution in [1.29, 1.82) is 0 Å². The van der Waals surface area contributed by atoms with Crippen LogP contribution in [-0.4, -0.2) is 106 Å². The summed E-state index contributed by atoms with van der Waals surface area (Å²) in [7, 11) is 0. The van der Waals surface area contributed by atoms with Crippen LogP contribution in [0.1, 0.15) is 62.3 Å². The van der Waals surface area contributed by atoms with Crippen LogP contribution >= 0.6 is 0 Å². The summed E-state index contributed by atoms with van der Waals surface area (Å²) in [6.07, 6.45) is 8.08. The molecule has 4 aromatic rings. The van der Waals surface area contributed by atoms with Crippen LogP contribution in [0, 0.1) is 6.92 Å². The lowest BCUT2D eigenvalue weighted by Gasteiger charge is -2.24. The van der Waals surface area contributed by atoms with Crippen molar-refractivity contribution in [2.45, 2.75) is 101 Å². The first kappa shape index (κ1) is 36.5. The van der Waals surface area contributed by atoms with Crippen molar-refractivity contribution >= 4 is 29.4 Å². The molecule has 8 rings (SSSR count). The fourth-order valence-corrected chi connectivity index (χ4v) is 8.10. The van der Waals surface area contributed by atoms with Gasteiger partial charge in [0, 0.05) is 49.5 Å². The average Bonchev–Trinajstić information content (AvgIpc) is 4.02. The number of aliphatic imine (C=N–C) groups is 1. The number of aryl methyl sites for hydroxylation is 1. The van der Waals surface area contributed by atoms with Crippen molar-refractivity contribution in [3.05, 3.63) is 84.1 Å². The van der Waals surface area contributed by atoms with Gasteiger partial charge in [0.15, 0.2) is 11.6 Å². The molecule has 0 amide bonds. The van der Waals surface area contributed by atoms with E-state index in [1.165, 1.54) is 17.5 Å². The van der Waals surface area contributed by atoms with Gasteiger partial charge in [-0.3, -0.25) is 9.67 Å². The van der Waals surface area contributed by atoms with Gasteiger partial charge >= 0.3 is 0 Å². The van der Waals surface area contributed by atoms with Gasteiger partial charge in [0.05, 0.1) is 18.3 Å². The van der Waals surface area contributed by atoms with Crippen LogP contribution in [0.4, 0.5) is 23.1 Å². The van der Waals surface area contributed by atoms with Crippen LogP contribution in [0.5, 0.6) is 0 Å². The van der Waals surface area contributed by atoms with Crippen LogP contribution < -0.4 is 26.6 Å². The highest BCUT2D eigenvalue weighted by atomic mass is 16.8. The molecule has 286 valence electrons. The van der Waals surface area contributed by atoms with Crippen molar-refractivity contribution in [3.63, 3.8) is 0 Å². The molecular formula is C40H53N11O3. The monoisotopic (exact) mass is 735 g/mol. The Hall–Kier alpha value is -4.47. The Balaban J connectivity index is 1.01. The number of hydrogen-bond donors (Lipinski definition) is 5. The van der Waals surface area contributed by atoms with Crippen LogP contribution in [0.3, 0.4) is 0 Å². The zero-order valence-electron chi connectivity index (χ0n) is 31.4. The molecule has 2 aromatic heterocycles. The molecule has 0 aliphatic carbocycles. The third kappa shape index (κ3) is 8.74. The van der Waals surface area contributed by atoms with E-state index >= 15 is 0 Å². The van der Waals surface area contributed by atoms with Gasteiger partial charge < -0.3 is 40.8 Å². The van der Waals surface area contributed by atoms with Crippen LogP contribution in [0.2, 0.25) is 0 Å². The summed E-state index contributed by atoms with van der Waals surface area (Å²) in [5, 5.41) is 22.2. The van der Waals surface area contributed by atoms with E-state index in [2.05, 4.69) is 91.3 Å². The largest absolute Gasteiger partial charge is 0.381 e. The molecular weight excluding hydrogens is 683 g/mol. The number of hydrogen-bond acceptors (Lipinski definition) is 13. The quantitative estimate of drug-likeness (QED) is 0.108. The molecule has 54 heavy (non-hydrogen) atoms. The standard InChI is InChI=1S/C40H53N11O3/c1-26-35(44-16-8-13-33-36-37(54-40(2,3)53-36)34(52-33)23-51-25-43-24-46-51)38(50-39(47-26)49-31-15-18-42-21-31)45-22-32(27-9-5-4-6-10-27)28-11-7-12-29(19-28)48-30-14-17-41-20-30/h4-7,9-12,16,19,24-25,30-34,36-37,41-42,48H,8,13-15,17-18,20-23H2,1-3H3,(H2,45,47,49,50)/t30-,31-,32?,33?,34-,36+,37-/m1/s1. The normalized spacial score (nSPS) is 26.6. The molecule has 14 heteroatoms. The fraction of sp³-hybridized carbons (Fsp3) is 0.525. The Kier molecular flexibility index (Phi) is 11.1. The highest BCUT2D eigenvalue weighted by Crippen LogP contribution is 2.40. The maximum Gasteiger partial charge on any atom is 0.225 e. The molecule has 0 saturated carbocycles. The maximum atomic E-state index is 6.51. The molecule has 2 unspecified atom stereocenters. The van der Waals surface area contributed by atoms with Gasteiger partial charge in [-0.25, -0.2) is 9.97 Å². The summed E-state index contributed by atoms with van der Waals surface area (Å²) in [6.45, 7) is 11.0. The molecule has 0 spiro atoms. The summed E-state index contributed by atoms with van der Waals surface area (Å²) >= 11 is 0. The number of nitrogens with one attached hydrogen (secondary N) is 5. The Labute approximate surface area is 317 Å². The summed E-state index contributed by atoms with van der Waals surface area (Å²) in [4.78, 5) is 19.0. The molecule has 4 aliphatic rings. The third-order valence-electron chi connectivity index (χ3n) is 10.7. The Bertz CT molecular complexity index is 1850. The second kappa shape index (κ2) is 16.5. The van der Waals surface area contributed by atoms with E-state index in [9.17, 15) is 0 Å². The molecule has 5 N–H and O–H groups in total. The number of fused-ring (bicyclic) bond motifs is 1. The van der Waals surface area contributed by atoms with Gasteiger partial charge in [0.25, 0.3) is 0 Å². The lowest BCUT2D eigenvalue weighted by Crippen LogP contribution is -2.32. The van der Waals surface area contributed by atoms with Gasteiger partial charge in [-0.2, -0.15) is 10.1 Å². The number of rotatable bonds is 15. The fourth-order valence-electron chi connectivity index (χ4n) is 8.10. The average molecular weight is 736 g/mol. The summed E-state index contributed by atoms with van der Waals surface area (Å²) < 4.78 is 20.9. The molecule has 6 heterocycles. The van der Waals surface area contributed by atoms with Crippen LogP contribution in [0.25, 0.3) is 0 Å². The van der Waals surface area contributed by atoms with Gasteiger partial charge in [-0.05, 0) is 82.8 Å². The Morgan fingerprint density at radius 3 is 2.44 bits per heavy atom. The van der Waals surface area contributed by atoms with Gasteiger partial charge in [0.2, 0.25) is 5.95 Å². The lowest BCUT2D eigenvalue weighted by atomic mass is 9.91. The highest BCUT2D eigenvalue weighted by Gasteiger charge is 2.54. The summed E-state index contributed by atoms with van der Waals surface area (Å²) in [6, 6.07) is 20.2. The second-order valence-electron chi connectivity index (χ2n) is 15.3. The van der Waals surface area contributed by atoms with Gasteiger partial charge in [0.1, 0.15) is 36.7 Å². The molecule has 14 nitrogen and oxygen atoms in total. The van der Waals surface area contributed by atoms with Crippen molar-refractivity contribution in [2.75, 3.05) is 48.7 Å². The minimum Gasteiger partial charge on any atom is -0.381 e. The molecule has 7 atom stereocenters. The predicted molar refractivity (Wildman–Crippen MR) is 210 cm³/mol. The zero-order valence-corrected chi connectivity index (χ0v) is 31.4. The molecule has 2 aromatic carbocycles. The zero-order chi connectivity index (χ0) is 36.9. The smallest absolute Gasteiger partial charge is 0.225 e. The summed E-state index contributed by atoms with van der Waals surface area (Å²) in [5.41, 5.74) is 5.15. The molecule has 4 aliphatic heterocycles. The predicted octanol–water partition coefficient (Wildman–Crippen LogP) is 4.64. The number of benzene rings is 2. The van der Waals surface area contributed by atoms with Crippen LogP contribution in [0.15, 0.2) is 72.2 Å². The van der Waals surface area contributed by atoms with Crippen molar-refractivity contribution < 1.29 is 14.2 Å². The van der Waals surface area contributed by atoms with Crippen LogP contribution in [-0.2, 0) is 20.8 Å². The molecule has 0 radical (unpaired) electrons. The first-order valence-electron chi connectivity index (χ1n) is 19.4. The number of aromatic nitrogens is 5. The first-order valence-corrected chi connectivity index (χ1v) is 19.4. The Morgan fingerprint density at radius 1 is 0.944 bits per heavy atom. The molecule has 4 saturated heterocycles. The second-order valence-corrected chi connectivity index (χ2v) is 15.3. The number of anilines is 3. The van der Waals surface area contributed by atoms with E-state index in [1.54, 1.807) is 11.0 Å². The van der Waals surface area contributed by atoms with E-state index in [0.29, 0.717) is 37.3 Å². The summed E-state index contributed by atoms with van der Waals surface area (Å²) in [5.74, 6) is 0.723. The number of ether oxygens (including phenoxy) is 3. The minimum absolute atomic E-state index is 0.0769. The minimum atomic E-state index is -0.672. The van der Waals surface area contributed by atoms with Gasteiger partial charge in [-0.15, -0.1) is 0 Å². The van der Waals surface area contributed by atoms with E-state index in [-0.39, 0.29) is 36.4 Å². The van der Waals surface area contributed by atoms with Gasteiger partial charge in [-0.1, -0.05) is 42.5 Å². The van der Waals surface area contributed by atoms with Crippen molar-refractivity contribution in [3.8, 4) is 0 Å². The molecule has 4 fully saturated rings. The Morgan fingerprint density at radius 2 is 1.70 bits per heavy atom. The topological polar surface area (TPSA) is 157 Å². The van der Waals surface area contributed by atoms with E-state index in [4.69, 9.17) is 29.2 Å². The maximum absolute atomic E-state index is 6.51. The third-order valence-corrected chi connectivity index (χ3v) is 10.7. The van der Waals surface area contributed by atoms with E-state index < -0.39 is 5.79 Å². The number of nitrogens with zero attached hydrogens (tertiary/aromatic N) is 6. The highest BCUT2D eigenvalue weighted by molar-refractivity contribution is 5.72. The van der Waals surface area contributed by atoms with E-state index in [0.717, 1.165) is 62.5 Å². The first-order chi connectivity index (χ1) is 26.4.